The molecule has 4 unspecified atom stereocenters. The van der Waals surface area contributed by atoms with E-state index in [4.69, 9.17) is 14.5 Å². The molecule has 1 aliphatic heterocycles. The van der Waals surface area contributed by atoms with Crippen LogP contribution in [0.3, 0.4) is 0 Å². The number of aromatic nitrogens is 1. The molecule has 192 valence electrons. The van der Waals surface area contributed by atoms with Crippen molar-refractivity contribution in [3.05, 3.63) is 65.5 Å². The molecule has 0 radical (unpaired) electrons. The van der Waals surface area contributed by atoms with E-state index < -0.39 is 35.7 Å². The fourth-order valence-electron chi connectivity index (χ4n) is 4.73. The lowest BCUT2D eigenvalue weighted by molar-refractivity contribution is -0.153. The lowest BCUT2D eigenvalue weighted by Gasteiger charge is -2.38. The standard InChI is InChI=1S/C28H29N3O5S/c1-4-35-26(33)23-17(3)29-21(15-32)25(27(34)36-5-2)24(23)19-13-9-10-14-20(19)30-28-31-22(16-37-28)18-11-7-6-8-12-18/h6-16,21,23-25H,4-5H2,1-3H3,(H,30,31). The highest BCUT2D eigenvalue weighted by Crippen LogP contribution is 2.44. The number of nitrogens with zero attached hydrogens (tertiary/aromatic N) is 2. The van der Waals surface area contributed by atoms with E-state index in [2.05, 4.69) is 10.3 Å². The van der Waals surface area contributed by atoms with Crippen molar-refractivity contribution in [1.29, 1.82) is 0 Å². The number of hydrogen-bond acceptors (Lipinski definition) is 9. The van der Waals surface area contributed by atoms with Gasteiger partial charge in [-0.25, -0.2) is 4.98 Å². The van der Waals surface area contributed by atoms with Gasteiger partial charge in [0.2, 0.25) is 0 Å². The molecule has 2 heterocycles. The van der Waals surface area contributed by atoms with E-state index >= 15 is 0 Å². The fourth-order valence-corrected chi connectivity index (χ4v) is 5.46. The number of carbonyl (C=O) groups is 3. The number of carbonyl (C=O) groups excluding carboxylic acids is 3. The molecule has 0 bridgehead atoms. The predicted octanol–water partition coefficient (Wildman–Crippen LogP) is 5.04. The molecule has 0 saturated heterocycles. The van der Waals surface area contributed by atoms with E-state index in [1.807, 2.05) is 60.0 Å². The SMILES string of the molecule is CCOC(=O)C1C(C)=NC(C=O)C(C(=O)OCC)C1c1ccccc1Nc1nc(-c2ccccc2)cs1. The Morgan fingerprint density at radius 3 is 2.38 bits per heavy atom. The molecule has 2 aromatic carbocycles. The van der Waals surface area contributed by atoms with Crippen LogP contribution in [0, 0.1) is 11.8 Å². The molecule has 4 rings (SSSR count). The van der Waals surface area contributed by atoms with E-state index in [1.54, 1.807) is 20.8 Å². The molecule has 9 heteroatoms. The molecule has 0 saturated carbocycles. The van der Waals surface area contributed by atoms with E-state index in [9.17, 15) is 14.4 Å². The Hall–Kier alpha value is -3.85. The topological polar surface area (TPSA) is 107 Å². The number of aldehydes is 1. The van der Waals surface area contributed by atoms with Crippen LogP contribution in [0.4, 0.5) is 10.8 Å². The first-order chi connectivity index (χ1) is 18.0. The summed E-state index contributed by atoms with van der Waals surface area (Å²) in [7, 11) is 0. The summed E-state index contributed by atoms with van der Waals surface area (Å²) in [6, 6.07) is 16.3. The maximum Gasteiger partial charge on any atom is 0.315 e. The van der Waals surface area contributed by atoms with Crippen LogP contribution in [-0.2, 0) is 23.9 Å². The Morgan fingerprint density at radius 2 is 1.68 bits per heavy atom. The number of thiazole rings is 1. The van der Waals surface area contributed by atoms with Crippen molar-refractivity contribution in [1.82, 2.24) is 4.98 Å². The zero-order chi connectivity index (χ0) is 26.4. The molecule has 3 aromatic rings. The number of nitrogens with one attached hydrogen (secondary N) is 1. The van der Waals surface area contributed by atoms with Gasteiger partial charge in [-0.2, -0.15) is 0 Å². The Morgan fingerprint density at radius 1 is 1.00 bits per heavy atom. The van der Waals surface area contributed by atoms with Crippen LogP contribution in [0.2, 0.25) is 0 Å². The molecule has 37 heavy (non-hydrogen) atoms. The van der Waals surface area contributed by atoms with E-state index in [0.29, 0.717) is 28.4 Å². The van der Waals surface area contributed by atoms with Gasteiger partial charge in [0.25, 0.3) is 0 Å². The zero-order valence-corrected chi connectivity index (χ0v) is 21.7. The average Bonchev–Trinajstić information content (AvgIpc) is 3.37. The first-order valence-electron chi connectivity index (χ1n) is 12.2. The maximum atomic E-state index is 13.2. The number of aliphatic imine (C=N–C) groups is 1. The van der Waals surface area contributed by atoms with Gasteiger partial charge in [0.05, 0.1) is 24.8 Å². The highest BCUT2D eigenvalue weighted by atomic mass is 32.1. The monoisotopic (exact) mass is 519 g/mol. The molecular formula is C28H29N3O5S. The quantitative estimate of drug-likeness (QED) is 0.312. The van der Waals surface area contributed by atoms with Crippen molar-refractivity contribution in [2.45, 2.75) is 32.7 Å². The number of benzene rings is 2. The molecule has 4 atom stereocenters. The largest absolute Gasteiger partial charge is 0.466 e. The van der Waals surface area contributed by atoms with Gasteiger partial charge in [0, 0.05) is 28.3 Å². The lowest BCUT2D eigenvalue weighted by Crippen LogP contribution is -2.47. The summed E-state index contributed by atoms with van der Waals surface area (Å²) < 4.78 is 10.7. The second-order valence-corrected chi connectivity index (χ2v) is 9.40. The predicted molar refractivity (Wildman–Crippen MR) is 143 cm³/mol. The minimum absolute atomic E-state index is 0.141. The molecule has 0 fully saturated rings. The Bertz CT molecular complexity index is 1290. The van der Waals surface area contributed by atoms with Gasteiger partial charge in [0.1, 0.15) is 18.2 Å². The highest BCUT2D eigenvalue weighted by Gasteiger charge is 2.49. The number of hydrogen-bond donors (Lipinski definition) is 1. The first kappa shape index (κ1) is 26.2. The van der Waals surface area contributed by atoms with Crippen molar-refractivity contribution in [2.75, 3.05) is 18.5 Å². The van der Waals surface area contributed by atoms with Gasteiger partial charge in [-0.05, 0) is 32.4 Å². The van der Waals surface area contributed by atoms with Crippen LogP contribution in [0.15, 0.2) is 65.0 Å². The van der Waals surface area contributed by atoms with Crippen LogP contribution in [0.1, 0.15) is 32.3 Å². The van der Waals surface area contributed by atoms with Crippen LogP contribution >= 0.6 is 11.3 Å². The van der Waals surface area contributed by atoms with Crippen LogP contribution < -0.4 is 5.32 Å². The van der Waals surface area contributed by atoms with Gasteiger partial charge >= 0.3 is 11.9 Å². The van der Waals surface area contributed by atoms with Crippen molar-refractivity contribution < 1.29 is 23.9 Å². The molecule has 0 amide bonds. The van der Waals surface area contributed by atoms with E-state index in [-0.39, 0.29) is 13.2 Å². The number of para-hydroxylation sites is 1. The van der Waals surface area contributed by atoms with Crippen molar-refractivity contribution in [2.24, 2.45) is 16.8 Å². The van der Waals surface area contributed by atoms with Crippen molar-refractivity contribution in [3.63, 3.8) is 0 Å². The smallest absolute Gasteiger partial charge is 0.315 e. The Kier molecular flexibility index (Phi) is 8.45. The summed E-state index contributed by atoms with van der Waals surface area (Å²) in [6.45, 7) is 5.43. The lowest BCUT2D eigenvalue weighted by atomic mass is 9.69. The number of ether oxygens (including phenoxy) is 2. The number of esters is 2. The summed E-state index contributed by atoms with van der Waals surface area (Å²) in [4.78, 5) is 47.5. The van der Waals surface area contributed by atoms with E-state index in [1.165, 1.54) is 11.3 Å². The van der Waals surface area contributed by atoms with Crippen molar-refractivity contribution >= 4 is 46.1 Å². The van der Waals surface area contributed by atoms with Crippen LogP contribution in [0.5, 0.6) is 0 Å². The van der Waals surface area contributed by atoms with Gasteiger partial charge in [0.15, 0.2) is 5.13 Å². The van der Waals surface area contributed by atoms with Gasteiger partial charge in [-0.3, -0.25) is 14.6 Å². The van der Waals surface area contributed by atoms with Crippen molar-refractivity contribution in [3.8, 4) is 11.3 Å². The maximum absolute atomic E-state index is 13.2. The molecule has 0 spiro atoms. The summed E-state index contributed by atoms with van der Waals surface area (Å²) in [5.74, 6) is -3.66. The third-order valence-corrected chi connectivity index (χ3v) is 7.05. The summed E-state index contributed by atoms with van der Waals surface area (Å²) >= 11 is 1.45. The summed E-state index contributed by atoms with van der Waals surface area (Å²) in [5.41, 5.74) is 3.62. The normalized spacial score (nSPS) is 21.0. The zero-order valence-electron chi connectivity index (χ0n) is 20.9. The van der Waals surface area contributed by atoms with Crippen LogP contribution in [0.25, 0.3) is 11.3 Å². The molecular weight excluding hydrogens is 490 g/mol. The third-order valence-electron chi connectivity index (χ3n) is 6.29. The molecule has 8 nitrogen and oxygen atoms in total. The second kappa shape index (κ2) is 11.9. The average molecular weight is 520 g/mol. The minimum Gasteiger partial charge on any atom is -0.466 e. The van der Waals surface area contributed by atoms with Gasteiger partial charge in [-0.1, -0.05) is 48.5 Å². The highest BCUT2D eigenvalue weighted by molar-refractivity contribution is 7.14. The molecule has 1 N–H and O–H groups in total. The van der Waals surface area contributed by atoms with Gasteiger partial charge in [-0.15, -0.1) is 11.3 Å². The number of rotatable bonds is 9. The van der Waals surface area contributed by atoms with Gasteiger partial charge < -0.3 is 19.6 Å². The third kappa shape index (κ3) is 5.61. The first-order valence-corrected chi connectivity index (χ1v) is 13.1. The summed E-state index contributed by atoms with van der Waals surface area (Å²) in [6.07, 6.45) is 0.641. The van der Waals surface area contributed by atoms with Crippen LogP contribution in [-0.4, -0.2) is 48.2 Å². The summed E-state index contributed by atoms with van der Waals surface area (Å²) in [5, 5.41) is 5.98. The fraction of sp³-hybridized carbons (Fsp3) is 0.321. The molecule has 0 aliphatic carbocycles. The Balaban J connectivity index is 1.78. The Labute approximate surface area is 219 Å². The van der Waals surface area contributed by atoms with E-state index in [0.717, 1.165) is 11.3 Å². The second-order valence-electron chi connectivity index (χ2n) is 8.55. The molecule has 1 aliphatic rings. The number of anilines is 2. The molecule has 1 aromatic heterocycles. The minimum atomic E-state index is -0.991.